The van der Waals surface area contributed by atoms with Crippen molar-refractivity contribution in [2.45, 2.75) is 51.2 Å². The van der Waals surface area contributed by atoms with Gasteiger partial charge < -0.3 is 20.5 Å². The van der Waals surface area contributed by atoms with E-state index in [4.69, 9.17) is 9.84 Å². The molecule has 0 aromatic carbocycles. The van der Waals surface area contributed by atoms with Crippen LogP contribution in [-0.2, 0) is 9.53 Å². The molecule has 1 unspecified atom stereocenters. The highest BCUT2D eigenvalue weighted by molar-refractivity contribution is 5.85. The minimum atomic E-state index is -1.26. The Balaban J connectivity index is 2.18. The van der Waals surface area contributed by atoms with Crippen molar-refractivity contribution in [2.24, 2.45) is 0 Å². The second-order valence-corrected chi connectivity index (χ2v) is 5.09. The van der Waals surface area contributed by atoms with Gasteiger partial charge in [0.15, 0.2) is 0 Å². The van der Waals surface area contributed by atoms with Gasteiger partial charge in [-0.2, -0.15) is 0 Å². The van der Waals surface area contributed by atoms with E-state index in [2.05, 4.69) is 10.6 Å². The SMILES string of the molecule is CC(C)(NC(=O)NCCC1CCCCO1)C(=O)O. The summed E-state index contributed by atoms with van der Waals surface area (Å²) in [5, 5.41) is 13.9. The molecule has 0 aliphatic carbocycles. The average molecular weight is 258 g/mol. The topological polar surface area (TPSA) is 87.7 Å². The Morgan fingerprint density at radius 2 is 2.11 bits per heavy atom. The monoisotopic (exact) mass is 258 g/mol. The van der Waals surface area contributed by atoms with E-state index in [1.54, 1.807) is 0 Å². The molecular weight excluding hydrogens is 236 g/mol. The summed E-state index contributed by atoms with van der Waals surface area (Å²) >= 11 is 0. The molecule has 104 valence electrons. The molecule has 0 saturated carbocycles. The lowest BCUT2D eigenvalue weighted by molar-refractivity contribution is -0.142. The van der Waals surface area contributed by atoms with Crippen LogP contribution in [0.25, 0.3) is 0 Å². The zero-order valence-electron chi connectivity index (χ0n) is 11.0. The number of carbonyl (C=O) groups is 2. The highest BCUT2D eigenvalue weighted by atomic mass is 16.5. The van der Waals surface area contributed by atoms with Crippen LogP contribution in [0.3, 0.4) is 0 Å². The summed E-state index contributed by atoms with van der Waals surface area (Å²) in [4.78, 5) is 22.3. The van der Waals surface area contributed by atoms with E-state index in [9.17, 15) is 9.59 Å². The highest BCUT2D eigenvalue weighted by Crippen LogP contribution is 2.14. The van der Waals surface area contributed by atoms with Gasteiger partial charge in [-0.25, -0.2) is 9.59 Å². The number of carbonyl (C=O) groups excluding carboxylic acids is 1. The van der Waals surface area contributed by atoms with E-state index in [1.807, 2.05) is 0 Å². The van der Waals surface area contributed by atoms with E-state index >= 15 is 0 Å². The Bertz CT molecular complexity index is 298. The van der Waals surface area contributed by atoms with Gasteiger partial charge in [0, 0.05) is 13.2 Å². The molecule has 1 saturated heterocycles. The third-order valence-corrected chi connectivity index (χ3v) is 2.99. The van der Waals surface area contributed by atoms with Crippen LogP contribution >= 0.6 is 0 Å². The van der Waals surface area contributed by atoms with Crippen molar-refractivity contribution in [1.82, 2.24) is 10.6 Å². The fraction of sp³-hybridized carbons (Fsp3) is 0.833. The Morgan fingerprint density at radius 3 is 2.67 bits per heavy atom. The Labute approximate surface area is 107 Å². The van der Waals surface area contributed by atoms with E-state index in [0.717, 1.165) is 25.9 Å². The maximum absolute atomic E-state index is 11.5. The van der Waals surface area contributed by atoms with E-state index in [1.165, 1.54) is 20.3 Å². The number of urea groups is 1. The molecule has 1 heterocycles. The average Bonchev–Trinajstić information content (AvgIpc) is 2.29. The number of hydrogen-bond donors (Lipinski definition) is 3. The molecule has 0 aromatic heterocycles. The van der Waals surface area contributed by atoms with Crippen molar-refractivity contribution in [2.75, 3.05) is 13.2 Å². The van der Waals surface area contributed by atoms with Crippen LogP contribution < -0.4 is 10.6 Å². The summed E-state index contributed by atoms with van der Waals surface area (Å²) in [7, 11) is 0. The number of carboxylic acids is 1. The number of carboxylic acid groups (broad SMARTS) is 1. The number of ether oxygens (including phenoxy) is 1. The van der Waals surface area contributed by atoms with Crippen LogP contribution in [-0.4, -0.2) is 41.9 Å². The van der Waals surface area contributed by atoms with Gasteiger partial charge in [0.25, 0.3) is 0 Å². The number of rotatable bonds is 5. The maximum Gasteiger partial charge on any atom is 0.328 e. The van der Waals surface area contributed by atoms with Crippen molar-refractivity contribution >= 4 is 12.0 Å². The predicted octanol–water partition coefficient (Wildman–Crippen LogP) is 1.11. The molecule has 0 aromatic rings. The van der Waals surface area contributed by atoms with Crippen molar-refractivity contribution in [1.29, 1.82) is 0 Å². The molecule has 2 amide bonds. The molecule has 1 atom stereocenters. The molecule has 1 aliphatic rings. The van der Waals surface area contributed by atoms with Crippen LogP contribution in [0.15, 0.2) is 0 Å². The summed E-state index contributed by atoms with van der Waals surface area (Å²) in [5.74, 6) is -1.06. The van der Waals surface area contributed by atoms with Gasteiger partial charge in [-0.3, -0.25) is 0 Å². The molecule has 0 bridgehead atoms. The third kappa shape index (κ3) is 4.91. The molecule has 1 aliphatic heterocycles. The number of aliphatic carboxylic acids is 1. The lowest BCUT2D eigenvalue weighted by Gasteiger charge is -2.24. The maximum atomic E-state index is 11.5. The molecule has 0 spiro atoms. The lowest BCUT2D eigenvalue weighted by atomic mass is 10.1. The van der Waals surface area contributed by atoms with Gasteiger partial charge >= 0.3 is 12.0 Å². The summed E-state index contributed by atoms with van der Waals surface area (Å²) < 4.78 is 5.53. The van der Waals surface area contributed by atoms with E-state index in [-0.39, 0.29) is 6.10 Å². The molecule has 18 heavy (non-hydrogen) atoms. The minimum absolute atomic E-state index is 0.214. The quantitative estimate of drug-likeness (QED) is 0.689. The van der Waals surface area contributed by atoms with Gasteiger partial charge in [-0.1, -0.05) is 0 Å². The first kappa shape index (κ1) is 14.8. The Kier molecular flexibility index (Phi) is 5.40. The van der Waals surface area contributed by atoms with E-state index in [0.29, 0.717) is 6.54 Å². The van der Waals surface area contributed by atoms with Crippen molar-refractivity contribution in [3.05, 3.63) is 0 Å². The molecule has 1 rings (SSSR count). The largest absolute Gasteiger partial charge is 0.480 e. The second-order valence-electron chi connectivity index (χ2n) is 5.09. The van der Waals surface area contributed by atoms with Gasteiger partial charge in [0.2, 0.25) is 0 Å². The van der Waals surface area contributed by atoms with Crippen LogP contribution in [0, 0.1) is 0 Å². The molecule has 3 N–H and O–H groups in total. The summed E-state index contributed by atoms with van der Waals surface area (Å²) in [6, 6.07) is -0.460. The van der Waals surface area contributed by atoms with Gasteiger partial charge in [0.05, 0.1) is 6.10 Å². The zero-order chi connectivity index (χ0) is 13.6. The second kappa shape index (κ2) is 6.58. The van der Waals surface area contributed by atoms with Crippen LogP contribution in [0.4, 0.5) is 4.79 Å². The van der Waals surface area contributed by atoms with Gasteiger partial charge in [-0.15, -0.1) is 0 Å². The smallest absolute Gasteiger partial charge is 0.328 e. The van der Waals surface area contributed by atoms with Crippen LogP contribution in [0.2, 0.25) is 0 Å². The summed E-state index contributed by atoms with van der Waals surface area (Å²) in [6.07, 6.45) is 4.29. The van der Waals surface area contributed by atoms with Gasteiger partial charge in [-0.05, 0) is 39.5 Å². The summed E-state index contributed by atoms with van der Waals surface area (Å²) in [6.45, 7) is 4.17. The van der Waals surface area contributed by atoms with Gasteiger partial charge in [0.1, 0.15) is 5.54 Å². The molecule has 6 heteroatoms. The van der Waals surface area contributed by atoms with Crippen molar-refractivity contribution in [3.63, 3.8) is 0 Å². The normalized spacial score (nSPS) is 20.2. The first-order valence-electron chi connectivity index (χ1n) is 6.33. The van der Waals surface area contributed by atoms with Crippen molar-refractivity contribution < 1.29 is 19.4 Å². The Hall–Kier alpha value is -1.30. The predicted molar refractivity (Wildman–Crippen MR) is 66.5 cm³/mol. The zero-order valence-corrected chi connectivity index (χ0v) is 11.0. The molecular formula is C12H22N2O4. The fourth-order valence-electron chi connectivity index (χ4n) is 1.76. The number of nitrogens with one attached hydrogen (secondary N) is 2. The highest BCUT2D eigenvalue weighted by Gasteiger charge is 2.28. The fourth-order valence-corrected chi connectivity index (χ4v) is 1.76. The van der Waals surface area contributed by atoms with Crippen LogP contribution in [0.5, 0.6) is 0 Å². The van der Waals surface area contributed by atoms with Crippen LogP contribution in [0.1, 0.15) is 39.5 Å². The molecule has 1 fully saturated rings. The lowest BCUT2D eigenvalue weighted by Crippen LogP contribution is -2.53. The minimum Gasteiger partial charge on any atom is -0.480 e. The summed E-state index contributed by atoms with van der Waals surface area (Å²) in [5.41, 5.74) is -1.26. The number of hydrogen-bond acceptors (Lipinski definition) is 3. The third-order valence-electron chi connectivity index (χ3n) is 2.99. The van der Waals surface area contributed by atoms with E-state index < -0.39 is 17.5 Å². The number of amides is 2. The molecule has 0 radical (unpaired) electrons. The standard InChI is InChI=1S/C12H22N2O4/c1-12(2,10(15)16)14-11(17)13-7-6-9-5-3-4-8-18-9/h9H,3-8H2,1-2H3,(H,15,16)(H2,13,14,17). The molecule has 6 nitrogen and oxygen atoms in total. The first-order chi connectivity index (χ1) is 8.42. The first-order valence-corrected chi connectivity index (χ1v) is 6.33. The Morgan fingerprint density at radius 1 is 1.39 bits per heavy atom. The van der Waals surface area contributed by atoms with Crippen molar-refractivity contribution in [3.8, 4) is 0 Å².